The lowest BCUT2D eigenvalue weighted by Gasteiger charge is -2.06. The molecule has 3 aromatic carbocycles. The Bertz CT molecular complexity index is 878. The van der Waals surface area contributed by atoms with Gasteiger partial charge in [-0.1, -0.05) is 59.8 Å². The second kappa shape index (κ2) is 4.46. The van der Waals surface area contributed by atoms with Gasteiger partial charge in [-0.25, -0.2) is 0 Å². The molecule has 1 heterocycles. The lowest BCUT2D eigenvalue weighted by Crippen LogP contribution is -1.91. The fraction of sp³-hybridized carbons (Fsp3) is 0.0588. The van der Waals surface area contributed by atoms with Crippen LogP contribution in [0.1, 0.15) is 11.1 Å². The highest BCUT2D eigenvalue weighted by Crippen LogP contribution is 2.27. The molecule has 0 saturated heterocycles. The van der Waals surface area contributed by atoms with Crippen LogP contribution in [0.5, 0.6) is 0 Å². The van der Waals surface area contributed by atoms with Gasteiger partial charge in [-0.15, -0.1) is 5.10 Å². The number of benzene rings is 3. The van der Waals surface area contributed by atoms with Crippen LogP contribution in [0.15, 0.2) is 60.7 Å². The summed E-state index contributed by atoms with van der Waals surface area (Å²) in [5.74, 6) is 0. The predicted molar refractivity (Wildman–Crippen MR) is 80.6 cm³/mol. The fourth-order valence-electron chi connectivity index (χ4n) is 2.70. The van der Waals surface area contributed by atoms with Crippen molar-refractivity contribution in [2.45, 2.75) is 6.42 Å². The number of nitrogens with zero attached hydrogens (tertiary/aromatic N) is 2. The molecule has 0 unspecified atom stereocenters. The average Bonchev–Trinajstić information content (AvgIpc) is 2.98. The van der Waals surface area contributed by atoms with E-state index in [1.165, 1.54) is 21.9 Å². The first-order valence-electron chi connectivity index (χ1n) is 6.67. The standard InChI is InChI=1S/C17H13N3/c1-2-6-12(7-3-1)10-14-11-13-8-4-5-9-15(13)17-16(14)18-20-19-17/h1-9,11H,10H2,(H,18,19,20). The van der Waals surface area contributed by atoms with Crippen molar-refractivity contribution in [3.63, 3.8) is 0 Å². The van der Waals surface area contributed by atoms with Gasteiger partial charge in [0.05, 0.1) is 5.52 Å². The predicted octanol–water partition coefficient (Wildman–Crippen LogP) is 3.70. The van der Waals surface area contributed by atoms with Crippen molar-refractivity contribution in [3.05, 3.63) is 71.8 Å². The van der Waals surface area contributed by atoms with Gasteiger partial charge in [-0.3, -0.25) is 5.10 Å². The lowest BCUT2D eigenvalue weighted by molar-refractivity contribution is 0.957. The van der Waals surface area contributed by atoms with E-state index in [9.17, 15) is 0 Å². The molecule has 3 nitrogen and oxygen atoms in total. The maximum Gasteiger partial charge on any atom is 0.117 e. The van der Waals surface area contributed by atoms with Crippen LogP contribution >= 0.6 is 0 Å². The molecule has 0 saturated carbocycles. The third-order valence-corrected chi connectivity index (χ3v) is 3.65. The third kappa shape index (κ3) is 1.75. The summed E-state index contributed by atoms with van der Waals surface area (Å²) in [7, 11) is 0. The topological polar surface area (TPSA) is 41.6 Å². The van der Waals surface area contributed by atoms with Crippen molar-refractivity contribution in [3.8, 4) is 0 Å². The number of hydrogen-bond donors (Lipinski definition) is 1. The van der Waals surface area contributed by atoms with Gasteiger partial charge in [-0.05, 0) is 29.0 Å². The van der Waals surface area contributed by atoms with Crippen LogP contribution < -0.4 is 0 Å². The zero-order valence-corrected chi connectivity index (χ0v) is 10.9. The number of aromatic nitrogens is 3. The first-order chi connectivity index (χ1) is 9.92. The molecule has 0 bridgehead atoms. The number of hydrogen-bond acceptors (Lipinski definition) is 2. The molecule has 1 aromatic heterocycles. The van der Waals surface area contributed by atoms with Crippen molar-refractivity contribution >= 4 is 21.8 Å². The Morgan fingerprint density at radius 1 is 0.900 bits per heavy atom. The van der Waals surface area contributed by atoms with E-state index in [-0.39, 0.29) is 0 Å². The smallest absolute Gasteiger partial charge is 0.117 e. The largest absolute Gasteiger partial charge is 0.257 e. The maximum atomic E-state index is 4.26. The van der Waals surface area contributed by atoms with Crippen LogP contribution in [0.25, 0.3) is 21.8 Å². The van der Waals surface area contributed by atoms with E-state index >= 15 is 0 Å². The number of aromatic amines is 1. The Morgan fingerprint density at radius 2 is 1.70 bits per heavy atom. The molecule has 4 aromatic rings. The van der Waals surface area contributed by atoms with Crippen molar-refractivity contribution < 1.29 is 0 Å². The van der Waals surface area contributed by atoms with Gasteiger partial charge >= 0.3 is 0 Å². The van der Waals surface area contributed by atoms with E-state index in [4.69, 9.17) is 0 Å². The van der Waals surface area contributed by atoms with Gasteiger partial charge in [-0.2, -0.15) is 0 Å². The summed E-state index contributed by atoms with van der Waals surface area (Å²) in [6.07, 6.45) is 0.870. The molecule has 0 radical (unpaired) electrons. The van der Waals surface area contributed by atoms with Gasteiger partial charge in [0.15, 0.2) is 0 Å². The lowest BCUT2D eigenvalue weighted by atomic mass is 9.99. The van der Waals surface area contributed by atoms with Gasteiger partial charge in [0, 0.05) is 5.39 Å². The quantitative estimate of drug-likeness (QED) is 0.596. The molecule has 0 aliphatic rings. The van der Waals surface area contributed by atoms with Crippen LogP contribution in [0, 0.1) is 0 Å². The summed E-state index contributed by atoms with van der Waals surface area (Å²) in [5, 5.41) is 13.7. The Morgan fingerprint density at radius 3 is 2.60 bits per heavy atom. The summed E-state index contributed by atoms with van der Waals surface area (Å²) in [6.45, 7) is 0. The molecule has 0 aliphatic heterocycles. The molecular formula is C17H13N3. The van der Waals surface area contributed by atoms with E-state index < -0.39 is 0 Å². The van der Waals surface area contributed by atoms with E-state index in [0.29, 0.717) is 0 Å². The summed E-state index contributed by atoms with van der Waals surface area (Å²) in [5.41, 5.74) is 4.48. The second-order valence-corrected chi connectivity index (χ2v) is 4.95. The summed E-state index contributed by atoms with van der Waals surface area (Å²) < 4.78 is 0. The first-order valence-corrected chi connectivity index (χ1v) is 6.67. The first kappa shape index (κ1) is 11.2. The zero-order chi connectivity index (χ0) is 13.4. The summed E-state index contributed by atoms with van der Waals surface area (Å²) >= 11 is 0. The van der Waals surface area contributed by atoms with E-state index in [1.807, 2.05) is 12.1 Å². The molecular weight excluding hydrogens is 246 g/mol. The molecule has 4 rings (SSSR count). The minimum absolute atomic E-state index is 0.870. The van der Waals surface area contributed by atoms with Crippen LogP contribution in [-0.2, 0) is 6.42 Å². The molecule has 0 amide bonds. The molecule has 0 aliphatic carbocycles. The monoisotopic (exact) mass is 259 g/mol. The Labute approximate surface area is 116 Å². The van der Waals surface area contributed by atoms with Crippen molar-refractivity contribution in [2.24, 2.45) is 0 Å². The molecule has 1 N–H and O–H groups in total. The van der Waals surface area contributed by atoms with Gasteiger partial charge in [0.2, 0.25) is 0 Å². The van der Waals surface area contributed by atoms with Gasteiger partial charge in [0.1, 0.15) is 5.52 Å². The van der Waals surface area contributed by atoms with E-state index in [2.05, 4.69) is 63.9 Å². The van der Waals surface area contributed by atoms with E-state index in [0.717, 1.165) is 17.5 Å². The highest BCUT2D eigenvalue weighted by molar-refractivity contribution is 6.05. The number of fused-ring (bicyclic) bond motifs is 3. The molecule has 0 fully saturated rings. The average molecular weight is 259 g/mol. The SMILES string of the molecule is c1ccc(Cc2cc3ccccc3c3[nH]nnc23)cc1. The number of H-pyrrole nitrogens is 1. The highest BCUT2D eigenvalue weighted by Gasteiger charge is 2.10. The molecule has 3 heteroatoms. The fourth-order valence-corrected chi connectivity index (χ4v) is 2.70. The summed E-state index contributed by atoms with van der Waals surface area (Å²) in [4.78, 5) is 0. The van der Waals surface area contributed by atoms with Crippen LogP contribution in [0.2, 0.25) is 0 Å². The van der Waals surface area contributed by atoms with E-state index in [1.54, 1.807) is 0 Å². The van der Waals surface area contributed by atoms with Crippen LogP contribution in [-0.4, -0.2) is 15.4 Å². The summed E-state index contributed by atoms with van der Waals surface area (Å²) in [6, 6.07) is 21.0. The molecule has 96 valence electrons. The van der Waals surface area contributed by atoms with Gasteiger partial charge in [0.25, 0.3) is 0 Å². The Hall–Kier alpha value is -2.68. The normalized spacial score (nSPS) is 11.2. The van der Waals surface area contributed by atoms with Gasteiger partial charge < -0.3 is 0 Å². The Balaban J connectivity index is 1.95. The van der Waals surface area contributed by atoms with Crippen LogP contribution in [0.3, 0.4) is 0 Å². The maximum absolute atomic E-state index is 4.26. The van der Waals surface area contributed by atoms with Crippen molar-refractivity contribution in [1.82, 2.24) is 15.4 Å². The highest BCUT2D eigenvalue weighted by atomic mass is 15.3. The van der Waals surface area contributed by atoms with Crippen molar-refractivity contribution in [2.75, 3.05) is 0 Å². The minimum Gasteiger partial charge on any atom is -0.257 e. The Kier molecular flexibility index (Phi) is 2.49. The number of nitrogens with one attached hydrogen (secondary N) is 1. The molecule has 0 atom stereocenters. The molecule has 20 heavy (non-hydrogen) atoms. The zero-order valence-electron chi connectivity index (χ0n) is 10.9. The number of rotatable bonds is 2. The minimum atomic E-state index is 0.870. The molecule has 0 spiro atoms. The van der Waals surface area contributed by atoms with Crippen LogP contribution in [0.4, 0.5) is 0 Å². The third-order valence-electron chi connectivity index (χ3n) is 3.65. The second-order valence-electron chi connectivity index (χ2n) is 4.95. The van der Waals surface area contributed by atoms with Crippen molar-refractivity contribution in [1.29, 1.82) is 0 Å².